The zero-order valence-corrected chi connectivity index (χ0v) is 16.5. The summed E-state index contributed by atoms with van der Waals surface area (Å²) in [5.74, 6) is 0.408. The molecule has 2 fully saturated rings. The van der Waals surface area contributed by atoms with Gasteiger partial charge in [-0.3, -0.25) is 4.79 Å². The Morgan fingerprint density at radius 2 is 1.97 bits per heavy atom. The largest absolute Gasteiger partial charge is 0.393 e. The number of anilines is 2. The summed E-state index contributed by atoms with van der Waals surface area (Å²) >= 11 is 0. The quantitative estimate of drug-likeness (QED) is 0.493. The van der Waals surface area contributed by atoms with Crippen molar-refractivity contribution in [1.29, 1.82) is 0 Å². The Morgan fingerprint density at radius 3 is 2.59 bits per heavy atom. The number of nitrogens with one attached hydrogen (secondary N) is 3. The van der Waals surface area contributed by atoms with Crippen molar-refractivity contribution in [1.82, 2.24) is 15.3 Å². The van der Waals surface area contributed by atoms with Crippen LogP contribution in [0.25, 0.3) is 0 Å². The van der Waals surface area contributed by atoms with E-state index in [9.17, 15) is 18.7 Å². The van der Waals surface area contributed by atoms with E-state index in [-0.39, 0.29) is 36.7 Å². The Morgan fingerprint density at radius 1 is 1.24 bits per heavy atom. The second-order valence-electron chi connectivity index (χ2n) is 7.85. The van der Waals surface area contributed by atoms with Crippen LogP contribution in [0.1, 0.15) is 62.2 Å². The first kappa shape index (κ1) is 21.6. The van der Waals surface area contributed by atoms with Crippen molar-refractivity contribution in [2.24, 2.45) is 0 Å². The van der Waals surface area contributed by atoms with E-state index in [4.69, 9.17) is 0 Å². The maximum atomic E-state index is 12.7. The van der Waals surface area contributed by atoms with Crippen LogP contribution < -0.4 is 16.0 Å². The molecule has 2 saturated carbocycles. The highest BCUT2D eigenvalue weighted by Gasteiger charge is 2.25. The molecular formula is C19H29F2N5O3. The van der Waals surface area contributed by atoms with Crippen LogP contribution in [0.5, 0.6) is 0 Å². The number of amides is 1. The van der Waals surface area contributed by atoms with Gasteiger partial charge in [0.15, 0.2) is 0 Å². The molecular weight excluding hydrogens is 384 g/mol. The Balaban J connectivity index is 1.71. The predicted octanol–water partition coefficient (Wildman–Crippen LogP) is 2.51. The second-order valence-corrected chi connectivity index (χ2v) is 7.85. The van der Waals surface area contributed by atoms with E-state index in [0.717, 1.165) is 32.1 Å². The van der Waals surface area contributed by atoms with Gasteiger partial charge in [0.05, 0.1) is 12.7 Å². The van der Waals surface area contributed by atoms with Crippen LogP contribution in [0.2, 0.25) is 0 Å². The molecule has 0 bridgehead atoms. The van der Waals surface area contributed by atoms with E-state index in [1.807, 2.05) is 0 Å². The van der Waals surface area contributed by atoms with Crippen LogP contribution in [-0.4, -0.2) is 58.4 Å². The highest BCUT2D eigenvalue weighted by molar-refractivity contribution is 5.98. The number of aliphatic hydroxyl groups is 1. The normalized spacial score (nSPS) is 23.3. The first-order valence-electron chi connectivity index (χ1n) is 10.2. The summed E-state index contributed by atoms with van der Waals surface area (Å²) in [5.41, 5.74) is 0.352. The predicted molar refractivity (Wildman–Crippen MR) is 104 cm³/mol. The van der Waals surface area contributed by atoms with Gasteiger partial charge in [0.25, 0.3) is 5.91 Å². The number of hydrogen-bond acceptors (Lipinski definition) is 7. The van der Waals surface area contributed by atoms with E-state index in [2.05, 4.69) is 30.7 Å². The van der Waals surface area contributed by atoms with E-state index >= 15 is 0 Å². The van der Waals surface area contributed by atoms with Crippen LogP contribution in [0.15, 0.2) is 6.20 Å². The molecule has 0 saturated heterocycles. The minimum atomic E-state index is -2.84. The molecule has 1 heterocycles. The molecule has 3 rings (SSSR count). The fraction of sp³-hybridized carbons (Fsp3) is 0.737. The zero-order valence-electron chi connectivity index (χ0n) is 16.5. The number of rotatable bonds is 9. The van der Waals surface area contributed by atoms with Crippen molar-refractivity contribution in [3.63, 3.8) is 0 Å². The van der Waals surface area contributed by atoms with Crippen molar-refractivity contribution in [3.8, 4) is 0 Å². The first-order valence-corrected chi connectivity index (χ1v) is 10.2. The van der Waals surface area contributed by atoms with Crippen LogP contribution in [0.4, 0.5) is 20.5 Å². The summed E-state index contributed by atoms with van der Waals surface area (Å²) in [5, 5.41) is 18.9. The molecule has 0 aliphatic heterocycles. The number of carbonyl (C=O) groups is 1. The molecule has 1 aromatic heterocycles. The number of alkyl halides is 2. The lowest BCUT2D eigenvalue weighted by molar-refractivity contribution is -0.130. The third kappa shape index (κ3) is 6.46. The van der Waals surface area contributed by atoms with Gasteiger partial charge in [-0.25, -0.2) is 4.98 Å². The van der Waals surface area contributed by atoms with Crippen LogP contribution in [0.3, 0.4) is 0 Å². The molecule has 162 valence electrons. The number of halogens is 2. The molecule has 0 spiro atoms. The maximum absolute atomic E-state index is 12.7. The SMILES string of the molecule is C[C@@H](COC(F)F)Nc1ncc(C(=O)NC2CCC2)c(NC2CCC(O)CC2)n1. The van der Waals surface area contributed by atoms with Gasteiger partial charge in [0.1, 0.15) is 11.4 Å². The number of hydrogen-bond donors (Lipinski definition) is 4. The van der Waals surface area contributed by atoms with Gasteiger partial charge in [-0.05, 0) is 51.9 Å². The Labute approximate surface area is 168 Å². The number of aromatic nitrogens is 2. The molecule has 0 radical (unpaired) electrons. The molecule has 4 N–H and O–H groups in total. The number of aliphatic hydroxyl groups excluding tert-OH is 1. The number of carbonyl (C=O) groups excluding carboxylic acids is 1. The molecule has 8 nitrogen and oxygen atoms in total. The lowest BCUT2D eigenvalue weighted by atomic mass is 9.92. The van der Waals surface area contributed by atoms with Crippen LogP contribution >= 0.6 is 0 Å². The summed E-state index contributed by atoms with van der Waals surface area (Å²) in [4.78, 5) is 21.3. The smallest absolute Gasteiger partial charge is 0.345 e. The molecule has 0 unspecified atom stereocenters. The fourth-order valence-electron chi connectivity index (χ4n) is 3.44. The van der Waals surface area contributed by atoms with E-state index in [0.29, 0.717) is 24.2 Å². The molecule has 2 aliphatic rings. The summed E-state index contributed by atoms with van der Waals surface area (Å²) in [6.45, 7) is -1.36. The van der Waals surface area contributed by atoms with Crippen molar-refractivity contribution in [2.45, 2.75) is 82.7 Å². The lowest BCUT2D eigenvalue weighted by Gasteiger charge is -2.29. The topological polar surface area (TPSA) is 108 Å². The second kappa shape index (κ2) is 10.1. The van der Waals surface area contributed by atoms with Gasteiger partial charge >= 0.3 is 6.61 Å². The van der Waals surface area contributed by atoms with Crippen LogP contribution in [-0.2, 0) is 4.74 Å². The minimum Gasteiger partial charge on any atom is -0.393 e. The average molecular weight is 413 g/mol. The Hall–Kier alpha value is -2.07. The number of ether oxygens (including phenoxy) is 1. The van der Waals surface area contributed by atoms with Gasteiger partial charge in [0.2, 0.25) is 5.95 Å². The van der Waals surface area contributed by atoms with E-state index in [1.54, 1.807) is 6.92 Å². The monoisotopic (exact) mass is 413 g/mol. The van der Waals surface area contributed by atoms with Gasteiger partial charge in [0, 0.05) is 24.3 Å². The maximum Gasteiger partial charge on any atom is 0.345 e. The van der Waals surface area contributed by atoms with Crippen molar-refractivity contribution in [2.75, 3.05) is 17.2 Å². The van der Waals surface area contributed by atoms with Gasteiger partial charge in [-0.15, -0.1) is 0 Å². The van der Waals surface area contributed by atoms with Gasteiger partial charge < -0.3 is 25.8 Å². The summed E-state index contributed by atoms with van der Waals surface area (Å²) in [7, 11) is 0. The van der Waals surface area contributed by atoms with Crippen molar-refractivity contribution >= 4 is 17.7 Å². The van der Waals surface area contributed by atoms with Crippen molar-refractivity contribution in [3.05, 3.63) is 11.8 Å². The molecule has 10 heteroatoms. The summed E-state index contributed by atoms with van der Waals surface area (Å²) in [6.07, 6.45) is 7.15. The summed E-state index contributed by atoms with van der Waals surface area (Å²) < 4.78 is 28.7. The lowest BCUT2D eigenvalue weighted by Crippen LogP contribution is -2.40. The highest BCUT2D eigenvalue weighted by Crippen LogP contribution is 2.25. The Bertz CT molecular complexity index is 682. The van der Waals surface area contributed by atoms with Crippen LogP contribution in [0, 0.1) is 0 Å². The fourth-order valence-corrected chi connectivity index (χ4v) is 3.44. The molecule has 2 aliphatic carbocycles. The third-order valence-corrected chi connectivity index (χ3v) is 5.36. The first-order chi connectivity index (χ1) is 13.9. The van der Waals surface area contributed by atoms with Gasteiger partial charge in [-0.2, -0.15) is 13.8 Å². The molecule has 29 heavy (non-hydrogen) atoms. The van der Waals surface area contributed by atoms with Gasteiger partial charge in [-0.1, -0.05) is 0 Å². The van der Waals surface area contributed by atoms with E-state index < -0.39 is 12.7 Å². The molecule has 0 aromatic carbocycles. The Kier molecular flexibility index (Phi) is 7.54. The summed E-state index contributed by atoms with van der Waals surface area (Å²) in [6, 6.07) is -0.156. The third-order valence-electron chi connectivity index (χ3n) is 5.36. The highest BCUT2D eigenvalue weighted by atomic mass is 19.3. The molecule has 1 amide bonds. The molecule has 1 atom stereocenters. The van der Waals surface area contributed by atoms with E-state index in [1.165, 1.54) is 6.20 Å². The zero-order chi connectivity index (χ0) is 20.8. The van der Waals surface area contributed by atoms with Crippen molar-refractivity contribution < 1.29 is 23.4 Å². The molecule has 1 aromatic rings. The average Bonchev–Trinajstić information content (AvgIpc) is 2.65. The standard InChI is InChI=1S/C19H29F2N5O3/c1-11(10-29-18(20)21)23-19-22-9-15(17(28)25-12-3-2-4-12)16(26-19)24-13-5-7-14(27)8-6-13/h9,11-14,18,27H,2-8,10H2,1H3,(H,25,28)(H2,22,23,24,26)/t11-,13?,14?/m0/s1. The number of nitrogens with zero attached hydrogens (tertiary/aromatic N) is 2. The minimum absolute atomic E-state index is 0.0935.